The lowest BCUT2D eigenvalue weighted by Gasteiger charge is -2.21. The van der Waals surface area contributed by atoms with Crippen LogP contribution in [0.4, 0.5) is 15.3 Å². The van der Waals surface area contributed by atoms with Crippen LogP contribution in [0.15, 0.2) is 55.0 Å². The quantitative estimate of drug-likeness (QED) is 0.530. The maximum absolute atomic E-state index is 12.1. The van der Waals surface area contributed by atoms with Gasteiger partial charge in [0.25, 0.3) is 0 Å². The number of carboxylic acid groups (broad SMARTS) is 1. The minimum atomic E-state index is -1.15. The molecule has 2 heterocycles. The Balaban J connectivity index is 1.87. The number of benzene rings is 1. The van der Waals surface area contributed by atoms with E-state index >= 15 is 0 Å². The van der Waals surface area contributed by atoms with E-state index in [4.69, 9.17) is 9.47 Å². The molecule has 3 rings (SSSR count). The number of methoxy groups -OCH3 is 1. The molecule has 0 fully saturated rings. The lowest BCUT2D eigenvalue weighted by molar-refractivity contribution is 0.0522. The summed E-state index contributed by atoms with van der Waals surface area (Å²) in [6.07, 6.45) is 2.87. The van der Waals surface area contributed by atoms with E-state index in [9.17, 15) is 14.7 Å². The van der Waals surface area contributed by atoms with Crippen LogP contribution in [-0.4, -0.2) is 45.0 Å². The number of ether oxygens (including phenoxy) is 2. The molecule has 2 aromatic heterocycles. The third-order valence-electron chi connectivity index (χ3n) is 4.52. The average molecular weight is 466 g/mol. The van der Waals surface area contributed by atoms with Crippen molar-refractivity contribution in [3.05, 3.63) is 66.2 Å². The Hall–Kier alpha value is -4.21. The van der Waals surface area contributed by atoms with E-state index in [2.05, 4.69) is 20.3 Å². The number of anilines is 1. The number of aromatic nitrogens is 3. The second kappa shape index (κ2) is 10.6. The smallest absolute Gasteiger partial charge is 0.412 e. The summed E-state index contributed by atoms with van der Waals surface area (Å²) in [4.78, 5) is 38.2. The summed E-state index contributed by atoms with van der Waals surface area (Å²) in [7, 11) is 1.43. The number of nitrogens with one attached hydrogen (secondary N) is 1. The van der Waals surface area contributed by atoms with Crippen molar-refractivity contribution >= 4 is 17.9 Å². The number of carbonyl (C=O) groups excluding carboxylic acids is 1. The van der Waals surface area contributed by atoms with Crippen LogP contribution in [0, 0.1) is 0 Å². The van der Waals surface area contributed by atoms with Crippen LogP contribution in [0.5, 0.6) is 5.88 Å². The highest BCUT2D eigenvalue weighted by molar-refractivity contribution is 5.88. The lowest BCUT2D eigenvalue weighted by Crippen LogP contribution is -2.32. The van der Waals surface area contributed by atoms with E-state index in [1.807, 2.05) is 30.3 Å². The van der Waals surface area contributed by atoms with Gasteiger partial charge in [0.05, 0.1) is 44.0 Å². The second-order valence-electron chi connectivity index (χ2n) is 8.36. The van der Waals surface area contributed by atoms with Gasteiger partial charge < -0.3 is 19.9 Å². The summed E-state index contributed by atoms with van der Waals surface area (Å²) in [5.74, 6) is 0.165. The van der Waals surface area contributed by atoms with Crippen LogP contribution in [-0.2, 0) is 17.8 Å². The third kappa shape index (κ3) is 6.64. The van der Waals surface area contributed by atoms with E-state index in [0.717, 1.165) is 10.5 Å². The molecule has 2 N–H and O–H groups in total. The number of hydrogen-bond acceptors (Lipinski definition) is 7. The maximum Gasteiger partial charge on any atom is 0.412 e. The molecular weight excluding hydrogens is 438 g/mol. The zero-order valence-electron chi connectivity index (χ0n) is 19.5. The van der Waals surface area contributed by atoms with Gasteiger partial charge in [-0.15, -0.1) is 0 Å². The van der Waals surface area contributed by atoms with E-state index in [1.54, 1.807) is 26.8 Å². The summed E-state index contributed by atoms with van der Waals surface area (Å²) in [5, 5.41) is 12.5. The number of hydrogen-bond donors (Lipinski definition) is 2. The molecule has 0 aliphatic rings. The van der Waals surface area contributed by atoms with Gasteiger partial charge in [-0.1, -0.05) is 30.3 Å². The van der Waals surface area contributed by atoms with E-state index < -0.39 is 17.8 Å². The molecule has 1 aromatic carbocycles. The topological polar surface area (TPSA) is 127 Å². The number of alkyl carbamates (subject to hydrolysis) is 1. The van der Waals surface area contributed by atoms with Crippen LogP contribution in [0.25, 0.3) is 11.3 Å². The fourth-order valence-electron chi connectivity index (χ4n) is 3.06. The lowest BCUT2D eigenvalue weighted by atomic mass is 10.1. The number of nitrogens with zero attached hydrogens (tertiary/aromatic N) is 4. The number of rotatable bonds is 7. The fraction of sp³-hybridized carbons (Fsp3) is 0.292. The third-order valence-corrected chi connectivity index (χ3v) is 4.52. The maximum atomic E-state index is 12.1. The Morgan fingerprint density at radius 2 is 1.85 bits per heavy atom. The van der Waals surface area contributed by atoms with Gasteiger partial charge in [0.15, 0.2) is 0 Å². The molecule has 0 aliphatic heterocycles. The Bertz CT molecular complexity index is 1150. The Morgan fingerprint density at radius 3 is 2.50 bits per heavy atom. The molecule has 0 aliphatic carbocycles. The van der Waals surface area contributed by atoms with Gasteiger partial charge in [-0.05, 0) is 32.4 Å². The summed E-state index contributed by atoms with van der Waals surface area (Å²) < 4.78 is 10.5. The summed E-state index contributed by atoms with van der Waals surface area (Å²) >= 11 is 0. The van der Waals surface area contributed by atoms with Crippen molar-refractivity contribution in [3.63, 3.8) is 0 Å². The zero-order valence-corrected chi connectivity index (χ0v) is 19.5. The van der Waals surface area contributed by atoms with E-state index in [1.165, 1.54) is 25.7 Å². The van der Waals surface area contributed by atoms with Crippen LogP contribution < -0.4 is 15.0 Å². The highest BCUT2D eigenvalue weighted by atomic mass is 16.6. The van der Waals surface area contributed by atoms with Gasteiger partial charge in [0.2, 0.25) is 5.88 Å². The summed E-state index contributed by atoms with van der Waals surface area (Å²) in [6, 6.07) is 10.9. The van der Waals surface area contributed by atoms with Gasteiger partial charge in [-0.2, -0.15) is 0 Å². The molecule has 0 unspecified atom stereocenters. The molecular formula is C24H27N5O5. The summed E-state index contributed by atoms with van der Waals surface area (Å²) in [5.41, 5.74) is 1.98. The minimum Gasteiger partial charge on any atom is -0.480 e. The van der Waals surface area contributed by atoms with E-state index in [-0.39, 0.29) is 24.7 Å². The van der Waals surface area contributed by atoms with Crippen molar-refractivity contribution < 1.29 is 24.2 Å². The van der Waals surface area contributed by atoms with Gasteiger partial charge >= 0.3 is 12.2 Å². The number of pyridine rings is 1. The molecule has 0 radical (unpaired) electrons. The van der Waals surface area contributed by atoms with Crippen molar-refractivity contribution in [2.45, 2.75) is 39.5 Å². The normalized spacial score (nSPS) is 10.9. The van der Waals surface area contributed by atoms with Crippen molar-refractivity contribution in [1.29, 1.82) is 0 Å². The molecule has 178 valence electrons. The van der Waals surface area contributed by atoms with Gasteiger partial charge in [-0.25, -0.2) is 19.6 Å². The minimum absolute atomic E-state index is 0.113. The number of carbonyl (C=O) groups is 2. The van der Waals surface area contributed by atoms with Crippen LogP contribution >= 0.6 is 0 Å². The van der Waals surface area contributed by atoms with E-state index in [0.29, 0.717) is 17.0 Å². The predicted molar refractivity (Wildman–Crippen MR) is 126 cm³/mol. The van der Waals surface area contributed by atoms with Gasteiger partial charge in [0.1, 0.15) is 11.3 Å². The Kier molecular flexibility index (Phi) is 7.62. The predicted octanol–water partition coefficient (Wildman–Crippen LogP) is 4.26. The average Bonchev–Trinajstić information content (AvgIpc) is 2.80. The van der Waals surface area contributed by atoms with Crippen molar-refractivity contribution in [1.82, 2.24) is 20.3 Å². The van der Waals surface area contributed by atoms with Crippen LogP contribution in [0.3, 0.4) is 0 Å². The van der Waals surface area contributed by atoms with Crippen LogP contribution in [0.2, 0.25) is 0 Å². The highest BCUT2D eigenvalue weighted by Gasteiger charge is 2.22. The van der Waals surface area contributed by atoms with Crippen molar-refractivity contribution in [3.8, 4) is 17.1 Å². The second-order valence-corrected chi connectivity index (χ2v) is 8.36. The van der Waals surface area contributed by atoms with Gasteiger partial charge in [0, 0.05) is 11.8 Å². The molecule has 0 saturated carbocycles. The molecule has 2 amide bonds. The standard InChI is InChI=1S/C24H27N5O5/c1-24(2,3)34-22(30)27-13-18-12-25-14-19(28-18)17-10-20(21(33-4)26-11-17)29(23(31)32)15-16-8-6-5-7-9-16/h5-12,14H,13,15H2,1-4H3,(H,27,30)(H,31,32). The zero-order chi connectivity index (χ0) is 24.7. The Morgan fingerprint density at radius 1 is 1.12 bits per heavy atom. The molecule has 0 spiro atoms. The largest absolute Gasteiger partial charge is 0.480 e. The molecule has 34 heavy (non-hydrogen) atoms. The summed E-state index contributed by atoms with van der Waals surface area (Å²) in [6.45, 7) is 5.56. The first-order chi connectivity index (χ1) is 16.2. The first kappa shape index (κ1) is 24.4. The molecule has 0 atom stereocenters. The molecule has 3 aromatic rings. The molecule has 0 bridgehead atoms. The fourth-order valence-corrected chi connectivity index (χ4v) is 3.06. The molecule has 10 nitrogen and oxygen atoms in total. The Labute approximate surface area is 197 Å². The number of amides is 2. The first-order valence-corrected chi connectivity index (χ1v) is 10.5. The van der Waals surface area contributed by atoms with Crippen LogP contribution in [0.1, 0.15) is 32.0 Å². The monoisotopic (exact) mass is 465 g/mol. The first-order valence-electron chi connectivity index (χ1n) is 10.5. The van der Waals surface area contributed by atoms with Gasteiger partial charge in [-0.3, -0.25) is 9.88 Å². The van der Waals surface area contributed by atoms with Crippen molar-refractivity contribution in [2.24, 2.45) is 0 Å². The molecule has 10 heteroatoms. The highest BCUT2D eigenvalue weighted by Crippen LogP contribution is 2.31. The molecule has 0 saturated heterocycles. The van der Waals surface area contributed by atoms with Crippen molar-refractivity contribution in [2.75, 3.05) is 12.0 Å². The SMILES string of the molecule is COc1ncc(-c2cncc(CNC(=O)OC(C)(C)C)n2)cc1N(Cc1ccccc1)C(=O)O.